The number of alkyl halides is 3. The van der Waals surface area contributed by atoms with E-state index < -0.39 is 28.2 Å². The molecule has 0 saturated carbocycles. The zero-order valence-electron chi connectivity index (χ0n) is 12.6. The van der Waals surface area contributed by atoms with Crippen molar-refractivity contribution in [2.24, 2.45) is 0 Å². The van der Waals surface area contributed by atoms with Gasteiger partial charge in [-0.1, -0.05) is 18.2 Å². The molecule has 1 N–H and O–H groups in total. The van der Waals surface area contributed by atoms with Crippen LogP contribution in [0.25, 0.3) is 0 Å². The smallest absolute Gasteiger partial charge is 0.429 e. The second kappa shape index (κ2) is 5.41. The van der Waals surface area contributed by atoms with Gasteiger partial charge < -0.3 is 10.1 Å². The third kappa shape index (κ3) is 2.71. The number of rotatable bonds is 2. The maximum Gasteiger partial charge on any atom is 0.429 e. The molecule has 0 spiro atoms. The van der Waals surface area contributed by atoms with Gasteiger partial charge in [0.05, 0.1) is 22.0 Å². The molecule has 1 heterocycles. The zero-order chi connectivity index (χ0) is 17.6. The van der Waals surface area contributed by atoms with Gasteiger partial charge in [-0.2, -0.15) is 13.2 Å². The lowest BCUT2D eigenvalue weighted by atomic mass is 10.0. The summed E-state index contributed by atoms with van der Waals surface area (Å²) in [6.45, 7) is 0.440. The summed E-state index contributed by atoms with van der Waals surface area (Å²) in [5.74, 6) is -0.0342. The standard InChI is InChI=1S/C16H14F3NO3S/c1-15(16(17,18)19)10-20-13-9-12(7-8-14(13)23-15)24(21,22)11-5-3-2-4-6-11/h2-9,20H,10H2,1H3/t15-/m0/s1. The number of ether oxygens (including phenoxy) is 1. The van der Waals surface area contributed by atoms with Gasteiger partial charge in [-0.3, -0.25) is 0 Å². The van der Waals surface area contributed by atoms with Crippen LogP contribution < -0.4 is 10.1 Å². The van der Waals surface area contributed by atoms with Crippen molar-refractivity contribution < 1.29 is 26.3 Å². The summed E-state index contributed by atoms with van der Waals surface area (Å²) in [5, 5.41) is 2.61. The summed E-state index contributed by atoms with van der Waals surface area (Å²) >= 11 is 0. The van der Waals surface area contributed by atoms with Crippen LogP contribution in [0.4, 0.5) is 18.9 Å². The third-order valence-corrected chi connectivity index (χ3v) is 5.63. The van der Waals surface area contributed by atoms with E-state index in [9.17, 15) is 21.6 Å². The van der Waals surface area contributed by atoms with Crippen molar-refractivity contribution in [3.8, 4) is 5.75 Å². The number of benzene rings is 2. The molecular formula is C16H14F3NO3S. The Bertz CT molecular complexity index is 866. The van der Waals surface area contributed by atoms with E-state index in [0.717, 1.165) is 6.92 Å². The Balaban J connectivity index is 1.98. The lowest BCUT2D eigenvalue weighted by molar-refractivity contribution is -0.237. The first-order chi connectivity index (χ1) is 11.1. The highest BCUT2D eigenvalue weighted by atomic mass is 32.2. The molecule has 0 aromatic heterocycles. The van der Waals surface area contributed by atoms with Crippen molar-refractivity contribution in [2.45, 2.75) is 28.5 Å². The lowest BCUT2D eigenvalue weighted by Crippen LogP contribution is -2.54. The van der Waals surface area contributed by atoms with Crippen LogP contribution in [0.3, 0.4) is 0 Å². The molecular weight excluding hydrogens is 343 g/mol. The van der Waals surface area contributed by atoms with Gasteiger partial charge >= 0.3 is 6.18 Å². The predicted octanol–water partition coefficient (Wildman–Crippen LogP) is 3.64. The summed E-state index contributed by atoms with van der Waals surface area (Å²) in [7, 11) is -3.75. The maximum atomic E-state index is 13.0. The van der Waals surface area contributed by atoms with E-state index in [2.05, 4.69) is 5.32 Å². The van der Waals surface area contributed by atoms with Crippen molar-refractivity contribution in [1.82, 2.24) is 0 Å². The molecule has 3 rings (SSSR count). The Labute approximate surface area is 137 Å². The second-order valence-electron chi connectivity index (χ2n) is 5.66. The fraction of sp³-hybridized carbons (Fsp3) is 0.250. The number of nitrogens with one attached hydrogen (secondary N) is 1. The topological polar surface area (TPSA) is 55.4 Å². The van der Waals surface area contributed by atoms with E-state index in [1.54, 1.807) is 18.2 Å². The summed E-state index contributed by atoms with van der Waals surface area (Å²) in [5.41, 5.74) is -2.14. The molecule has 1 atom stereocenters. The molecule has 1 aliphatic rings. The van der Waals surface area contributed by atoms with Crippen molar-refractivity contribution in [3.05, 3.63) is 48.5 Å². The van der Waals surface area contributed by atoms with Crippen LogP contribution in [0, 0.1) is 0 Å². The number of hydrogen-bond donors (Lipinski definition) is 1. The fourth-order valence-corrected chi connectivity index (χ4v) is 3.65. The molecule has 1 aliphatic heterocycles. The van der Waals surface area contributed by atoms with Crippen LogP contribution >= 0.6 is 0 Å². The number of halogens is 3. The Hall–Kier alpha value is -2.22. The SMILES string of the molecule is C[C@@]1(C(F)(F)F)CNc2cc(S(=O)(=O)c3ccccc3)ccc2O1. The van der Waals surface area contributed by atoms with Gasteiger partial charge in [0.1, 0.15) is 5.75 Å². The molecule has 8 heteroatoms. The molecule has 2 aromatic carbocycles. The van der Waals surface area contributed by atoms with E-state index in [-0.39, 0.29) is 21.2 Å². The first-order valence-corrected chi connectivity index (χ1v) is 8.56. The van der Waals surface area contributed by atoms with Gasteiger partial charge in [0.25, 0.3) is 0 Å². The molecule has 0 aliphatic carbocycles. The summed E-state index contributed by atoms with van der Waals surface area (Å²) in [4.78, 5) is 0.0981. The van der Waals surface area contributed by atoms with Gasteiger partial charge in [0, 0.05) is 0 Å². The van der Waals surface area contributed by atoms with E-state index in [0.29, 0.717) is 0 Å². The van der Waals surface area contributed by atoms with Crippen LogP contribution in [-0.4, -0.2) is 26.7 Å². The Morgan fingerprint density at radius 2 is 1.75 bits per heavy atom. The monoisotopic (exact) mass is 357 g/mol. The first kappa shape index (κ1) is 16.6. The average molecular weight is 357 g/mol. The number of sulfone groups is 1. The molecule has 128 valence electrons. The Morgan fingerprint density at radius 3 is 2.38 bits per heavy atom. The van der Waals surface area contributed by atoms with Gasteiger partial charge in [-0.05, 0) is 37.3 Å². The van der Waals surface area contributed by atoms with Crippen molar-refractivity contribution in [2.75, 3.05) is 11.9 Å². The maximum absolute atomic E-state index is 13.0. The molecule has 0 fully saturated rings. The van der Waals surface area contributed by atoms with Gasteiger partial charge in [0.15, 0.2) is 0 Å². The highest BCUT2D eigenvalue weighted by Crippen LogP contribution is 2.42. The molecule has 0 unspecified atom stereocenters. The first-order valence-electron chi connectivity index (χ1n) is 7.07. The lowest BCUT2D eigenvalue weighted by Gasteiger charge is -2.37. The van der Waals surface area contributed by atoms with Crippen LogP contribution in [-0.2, 0) is 9.84 Å². The predicted molar refractivity (Wildman–Crippen MR) is 81.9 cm³/mol. The largest absolute Gasteiger partial charge is 0.474 e. The van der Waals surface area contributed by atoms with Crippen molar-refractivity contribution >= 4 is 15.5 Å². The van der Waals surface area contributed by atoms with Crippen molar-refractivity contribution in [3.63, 3.8) is 0 Å². The van der Waals surface area contributed by atoms with Crippen LogP contribution in [0.15, 0.2) is 58.3 Å². The van der Waals surface area contributed by atoms with E-state index in [4.69, 9.17) is 4.74 Å². The Kier molecular flexibility index (Phi) is 3.75. The second-order valence-corrected chi connectivity index (χ2v) is 7.61. The summed E-state index contributed by atoms with van der Waals surface area (Å²) in [6, 6.07) is 11.6. The van der Waals surface area contributed by atoms with Crippen molar-refractivity contribution in [1.29, 1.82) is 0 Å². The normalized spacial score (nSPS) is 20.7. The van der Waals surface area contributed by atoms with E-state index >= 15 is 0 Å². The van der Waals surface area contributed by atoms with Crippen LogP contribution in [0.2, 0.25) is 0 Å². The highest BCUT2D eigenvalue weighted by Gasteiger charge is 2.55. The Morgan fingerprint density at radius 1 is 1.08 bits per heavy atom. The highest BCUT2D eigenvalue weighted by molar-refractivity contribution is 7.91. The molecule has 4 nitrogen and oxygen atoms in total. The fourth-order valence-electron chi connectivity index (χ4n) is 2.34. The van der Waals surface area contributed by atoms with Crippen LogP contribution in [0.5, 0.6) is 5.75 Å². The third-order valence-electron chi connectivity index (χ3n) is 3.87. The number of hydrogen-bond acceptors (Lipinski definition) is 4. The average Bonchev–Trinajstić information content (AvgIpc) is 2.54. The minimum Gasteiger partial charge on any atom is -0.474 e. The van der Waals surface area contributed by atoms with Crippen LogP contribution in [0.1, 0.15) is 6.92 Å². The molecule has 0 bridgehead atoms. The number of fused-ring (bicyclic) bond motifs is 1. The van der Waals surface area contributed by atoms with Gasteiger partial charge in [-0.25, -0.2) is 8.42 Å². The summed E-state index contributed by atoms with van der Waals surface area (Å²) < 4.78 is 69.3. The molecule has 0 amide bonds. The molecule has 2 aromatic rings. The molecule has 0 radical (unpaired) electrons. The quantitative estimate of drug-likeness (QED) is 0.892. The van der Waals surface area contributed by atoms with E-state index in [1.807, 2.05) is 0 Å². The number of anilines is 1. The summed E-state index contributed by atoms with van der Waals surface area (Å²) in [6.07, 6.45) is -4.55. The minimum absolute atomic E-state index is 0.0147. The van der Waals surface area contributed by atoms with Gasteiger partial charge in [0.2, 0.25) is 15.4 Å². The zero-order valence-corrected chi connectivity index (χ0v) is 13.4. The van der Waals surface area contributed by atoms with E-state index in [1.165, 1.54) is 30.3 Å². The minimum atomic E-state index is -4.55. The van der Waals surface area contributed by atoms with Gasteiger partial charge in [-0.15, -0.1) is 0 Å². The molecule has 24 heavy (non-hydrogen) atoms. The molecule has 0 saturated heterocycles.